The summed E-state index contributed by atoms with van der Waals surface area (Å²) in [6.07, 6.45) is -2.83. The molecule has 14 nitrogen and oxygen atoms in total. The van der Waals surface area contributed by atoms with Gasteiger partial charge in [-0.3, -0.25) is 19.2 Å². The first-order chi connectivity index (χ1) is 24.0. The predicted octanol–water partition coefficient (Wildman–Crippen LogP) is 3.02. The van der Waals surface area contributed by atoms with E-state index in [2.05, 4.69) is 0 Å². The van der Waals surface area contributed by atoms with Crippen LogP contribution in [0.4, 0.5) is 0 Å². The second-order valence-corrected chi connectivity index (χ2v) is 14.0. The molecule has 1 aliphatic carbocycles. The van der Waals surface area contributed by atoms with Crippen LogP contribution in [0.3, 0.4) is 0 Å². The zero-order chi connectivity index (χ0) is 36.9. The summed E-state index contributed by atoms with van der Waals surface area (Å²) in [5.41, 5.74) is -2.34. The largest absolute Gasteiger partial charge is 0.507 e. The highest BCUT2D eigenvalue weighted by Gasteiger charge is 2.43. The van der Waals surface area contributed by atoms with Gasteiger partial charge in [0.1, 0.15) is 23.7 Å². The third-order valence-corrected chi connectivity index (χ3v) is 9.89. The number of phenolic OH excluding ortho intramolecular Hbond substituents is 2. The van der Waals surface area contributed by atoms with Crippen LogP contribution < -0.4 is 0 Å². The quantitative estimate of drug-likeness (QED) is 0.216. The lowest BCUT2D eigenvalue weighted by Crippen LogP contribution is -2.50. The van der Waals surface area contributed by atoms with E-state index in [4.69, 9.17) is 28.8 Å². The lowest BCUT2D eigenvalue weighted by atomic mass is 9.79. The van der Waals surface area contributed by atoms with Gasteiger partial charge in [0, 0.05) is 36.0 Å². The molecule has 3 heterocycles. The number of carboxylic acid groups (broad SMARTS) is 1. The van der Waals surface area contributed by atoms with Crippen LogP contribution in [0.5, 0.6) is 11.5 Å². The summed E-state index contributed by atoms with van der Waals surface area (Å²) in [7, 11) is 0. The smallest absolute Gasteiger partial charge is 0.306 e. The van der Waals surface area contributed by atoms with E-state index in [1.54, 1.807) is 19.9 Å². The molecule has 0 aromatic heterocycles. The van der Waals surface area contributed by atoms with Crippen molar-refractivity contribution < 1.29 is 68.4 Å². The van der Waals surface area contributed by atoms with Gasteiger partial charge in [0.2, 0.25) is 0 Å². The predicted molar refractivity (Wildman–Crippen MR) is 175 cm³/mol. The number of carbonyl (C=O) groups excluding carboxylic acids is 3. The topological polar surface area (TPSA) is 216 Å². The Balaban J connectivity index is 1.12. The van der Waals surface area contributed by atoms with Crippen LogP contribution in [-0.4, -0.2) is 104 Å². The van der Waals surface area contributed by atoms with E-state index < -0.39 is 84.2 Å². The maximum atomic E-state index is 13.7. The molecule has 51 heavy (non-hydrogen) atoms. The number of aliphatic carboxylic acids is 1. The van der Waals surface area contributed by atoms with Gasteiger partial charge in [-0.2, -0.15) is 0 Å². The first-order valence-electron chi connectivity index (χ1n) is 17.0. The Hall–Kier alpha value is -4.02. The molecule has 14 heteroatoms. The van der Waals surface area contributed by atoms with Gasteiger partial charge in [-0.25, -0.2) is 0 Å². The number of aromatic hydroxyl groups is 2. The molecule has 0 bridgehead atoms. The third-order valence-electron chi connectivity index (χ3n) is 9.89. The van der Waals surface area contributed by atoms with Crippen molar-refractivity contribution in [3.05, 3.63) is 69.8 Å². The monoisotopic (exact) mass is 710 g/mol. The van der Waals surface area contributed by atoms with Gasteiger partial charge in [0.05, 0.1) is 53.7 Å². The Morgan fingerprint density at radius 2 is 1.57 bits per heavy atom. The van der Waals surface area contributed by atoms with Crippen LogP contribution >= 0.6 is 0 Å². The molecule has 0 saturated carbocycles. The van der Waals surface area contributed by atoms with E-state index in [9.17, 15) is 39.6 Å². The van der Waals surface area contributed by atoms with Crippen molar-refractivity contribution in [2.75, 3.05) is 0 Å². The van der Waals surface area contributed by atoms with Crippen molar-refractivity contribution in [3.8, 4) is 11.5 Å². The number of aliphatic hydroxyl groups excluding tert-OH is 1. The van der Waals surface area contributed by atoms with Crippen LogP contribution in [0.1, 0.15) is 102 Å². The molecule has 274 valence electrons. The van der Waals surface area contributed by atoms with Gasteiger partial charge in [-0.05, 0) is 64.0 Å². The molecule has 2 aromatic rings. The molecule has 2 saturated heterocycles. The van der Waals surface area contributed by atoms with Crippen molar-refractivity contribution >= 4 is 23.3 Å². The number of fused-ring (bicyclic) bond motifs is 2. The number of rotatable bonds is 9. The van der Waals surface area contributed by atoms with E-state index in [0.717, 1.165) is 0 Å². The molecule has 3 aliphatic heterocycles. The summed E-state index contributed by atoms with van der Waals surface area (Å²) in [6, 6.07) is 5.42. The number of hydrogen-bond acceptors (Lipinski definition) is 13. The zero-order valence-electron chi connectivity index (χ0n) is 28.6. The van der Waals surface area contributed by atoms with Gasteiger partial charge in [-0.1, -0.05) is 12.1 Å². The molecule has 0 spiro atoms. The zero-order valence-corrected chi connectivity index (χ0v) is 28.6. The van der Waals surface area contributed by atoms with E-state index in [-0.39, 0.29) is 64.2 Å². The molecule has 0 amide bonds. The molecule has 6 rings (SSSR count). The molecular formula is C37H42O14. The first kappa shape index (κ1) is 36.8. The number of benzene rings is 2. The number of phenols is 2. The van der Waals surface area contributed by atoms with Crippen molar-refractivity contribution in [2.24, 2.45) is 0 Å². The minimum atomic E-state index is -1.73. The fourth-order valence-electron chi connectivity index (χ4n) is 7.27. The molecule has 4 aliphatic rings. The maximum Gasteiger partial charge on any atom is 0.306 e. The summed E-state index contributed by atoms with van der Waals surface area (Å²) in [5.74, 6) is -3.86. The van der Waals surface area contributed by atoms with Crippen molar-refractivity contribution in [3.63, 3.8) is 0 Å². The van der Waals surface area contributed by atoms with Crippen LogP contribution in [0, 0.1) is 0 Å². The number of aliphatic hydroxyl groups is 2. The maximum absolute atomic E-state index is 13.7. The molecular weight excluding hydrogens is 668 g/mol. The van der Waals surface area contributed by atoms with Gasteiger partial charge in [0.15, 0.2) is 29.9 Å². The standard InChI is InChI=1S/C37H42O14/c1-16-23(38)9-11-28(48-16)50-25-10-12-29(49-17(25)2)51-36-18(3)47-26(13-24(36)39)20-7-8-22-31(33(20)43)35(45)21-6-5-19(32(42)30(21)34(22)44)14-37(4,46)15-27(40)41/h5-9,11,16-18,24-26,28-29,36,39,42-43,46H,10,12-15H2,1-4H3,(H,40,41). The van der Waals surface area contributed by atoms with Crippen molar-refractivity contribution in [1.82, 2.24) is 0 Å². The van der Waals surface area contributed by atoms with Crippen molar-refractivity contribution in [2.45, 2.75) is 121 Å². The van der Waals surface area contributed by atoms with Gasteiger partial charge in [-0.15, -0.1) is 0 Å². The first-order valence-corrected chi connectivity index (χ1v) is 17.0. The highest BCUT2D eigenvalue weighted by Crippen LogP contribution is 2.44. The molecule has 10 atom stereocenters. The lowest BCUT2D eigenvalue weighted by molar-refractivity contribution is -0.292. The van der Waals surface area contributed by atoms with E-state index in [0.29, 0.717) is 12.8 Å². The number of carbonyl (C=O) groups is 4. The Kier molecular flexibility index (Phi) is 10.2. The molecule has 10 unspecified atom stereocenters. The fraction of sp³-hybridized carbons (Fsp3) is 0.514. The normalized spacial score (nSPS) is 31.9. The fourth-order valence-corrected chi connectivity index (χ4v) is 7.27. The van der Waals surface area contributed by atoms with Gasteiger partial charge >= 0.3 is 5.97 Å². The average Bonchev–Trinajstić information content (AvgIpc) is 3.04. The number of ether oxygens (including phenoxy) is 5. The average molecular weight is 711 g/mol. The minimum Gasteiger partial charge on any atom is -0.507 e. The Bertz CT molecular complexity index is 1750. The van der Waals surface area contributed by atoms with Gasteiger partial charge in [0.25, 0.3) is 0 Å². The molecule has 2 fully saturated rings. The summed E-state index contributed by atoms with van der Waals surface area (Å²) < 4.78 is 30.0. The van der Waals surface area contributed by atoms with E-state index >= 15 is 0 Å². The molecule has 2 aromatic carbocycles. The SMILES string of the molecule is CC1OC(OC2CCC(OC3C(O)CC(c4ccc5c(c4O)C(=O)c4ccc(CC(C)(O)CC(=O)O)c(O)c4C5=O)OC3C)OC2C)C=CC1=O. The van der Waals surface area contributed by atoms with E-state index in [1.165, 1.54) is 37.3 Å². The second-order valence-electron chi connectivity index (χ2n) is 14.0. The highest BCUT2D eigenvalue weighted by atomic mass is 16.7. The van der Waals surface area contributed by atoms with Crippen LogP contribution in [0.2, 0.25) is 0 Å². The Morgan fingerprint density at radius 3 is 2.20 bits per heavy atom. The molecule has 0 radical (unpaired) electrons. The van der Waals surface area contributed by atoms with Crippen LogP contribution in [0.15, 0.2) is 36.4 Å². The van der Waals surface area contributed by atoms with Crippen LogP contribution in [0.25, 0.3) is 0 Å². The second kappa shape index (κ2) is 14.2. The summed E-state index contributed by atoms with van der Waals surface area (Å²) in [6.45, 7) is 6.50. The molecule has 5 N–H and O–H groups in total. The third kappa shape index (κ3) is 7.35. The minimum absolute atomic E-state index is 0.00321. The summed E-state index contributed by atoms with van der Waals surface area (Å²) in [5, 5.41) is 53.2. The lowest BCUT2D eigenvalue weighted by Gasteiger charge is -2.42. The number of hydrogen-bond donors (Lipinski definition) is 5. The van der Waals surface area contributed by atoms with E-state index in [1.807, 2.05) is 6.92 Å². The number of carboxylic acids is 1. The van der Waals surface area contributed by atoms with Crippen molar-refractivity contribution in [1.29, 1.82) is 0 Å². The Labute approximate surface area is 293 Å². The van der Waals surface area contributed by atoms with Crippen LogP contribution in [-0.2, 0) is 39.7 Å². The summed E-state index contributed by atoms with van der Waals surface area (Å²) in [4.78, 5) is 50.1. The highest BCUT2D eigenvalue weighted by molar-refractivity contribution is 6.30. The Morgan fingerprint density at radius 1 is 0.902 bits per heavy atom. The summed E-state index contributed by atoms with van der Waals surface area (Å²) >= 11 is 0. The number of ketones is 3. The van der Waals surface area contributed by atoms with Gasteiger partial charge < -0.3 is 49.2 Å².